The number of aromatic nitrogens is 2. The summed E-state index contributed by atoms with van der Waals surface area (Å²) in [6, 6.07) is 22.0. The molecule has 1 fully saturated rings. The van der Waals surface area contributed by atoms with Gasteiger partial charge in [-0.25, -0.2) is 13.4 Å². The summed E-state index contributed by atoms with van der Waals surface area (Å²) in [5.74, 6) is -0.178. The second-order valence-corrected chi connectivity index (χ2v) is 11.4. The van der Waals surface area contributed by atoms with E-state index < -0.39 is 9.84 Å². The SMILES string of the molecule is O=C(c1ccco1)N(CCN1CCOCC1)Cc1cnc(S(=O)(=O)Cc2ccccc2)n1Cc1ccccc1. The van der Waals surface area contributed by atoms with Gasteiger partial charge in [0.1, 0.15) is 0 Å². The van der Waals surface area contributed by atoms with Crippen molar-refractivity contribution >= 4 is 15.7 Å². The number of sulfone groups is 1. The lowest BCUT2D eigenvalue weighted by atomic mass is 10.2. The summed E-state index contributed by atoms with van der Waals surface area (Å²) < 4.78 is 39.7. The number of rotatable bonds is 11. The number of ether oxygens (including phenoxy) is 1. The van der Waals surface area contributed by atoms with Crippen molar-refractivity contribution in [3.05, 3.63) is 108 Å². The van der Waals surface area contributed by atoms with E-state index in [9.17, 15) is 13.2 Å². The zero-order chi connectivity index (χ0) is 27.1. The van der Waals surface area contributed by atoms with Crippen LogP contribution < -0.4 is 0 Å². The van der Waals surface area contributed by atoms with Gasteiger partial charge >= 0.3 is 0 Å². The van der Waals surface area contributed by atoms with Crippen molar-refractivity contribution in [2.24, 2.45) is 0 Å². The second kappa shape index (κ2) is 12.4. The number of morpholine rings is 1. The van der Waals surface area contributed by atoms with Crippen LogP contribution in [0.5, 0.6) is 0 Å². The maximum absolute atomic E-state index is 13.6. The fraction of sp³-hybridized carbons (Fsp3) is 0.310. The lowest BCUT2D eigenvalue weighted by molar-refractivity contribution is 0.0315. The van der Waals surface area contributed by atoms with Crippen LogP contribution in [0.3, 0.4) is 0 Å². The first-order valence-electron chi connectivity index (χ1n) is 13.0. The number of carbonyl (C=O) groups is 1. The average molecular weight is 549 g/mol. The van der Waals surface area contributed by atoms with Gasteiger partial charge in [-0.15, -0.1) is 0 Å². The summed E-state index contributed by atoms with van der Waals surface area (Å²) in [6.07, 6.45) is 3.04. The highest BCUT2D eigenvalue weighted by molar-refractivity contribution is 7.90. The quantitative estimate of drug-likeness (QED) is 0.283. The minimum atomic E-state index is -3.76. The Balaban J connectivity index is 1.46. The van der Waals surface area contributed by atoms with Crippen LogP contribution in [0, 0.1) is 0 Å². The van der Waals surface area contributed by atoms with Crippen molar-refractivity contribution in [1.82, 2.24) is 19.4 Å². The van der Waals surface area contributed by atoms with Crippen molar-refractivity contribution in [2.75, 3.05) is 39.4 Å². The van der Waals surface area contributed by atoms with Gasteiger partial charge in [0.15, 0.2) is 5.76 Å². The van der Waals surface area contributed by atoms with Crippen LogP contribution in [-0.2, 0) is 33.4 Å². The molecule has 2 aromatic heterocycles. The van der Waals surface area contributed by atoms with Crippen molar-refractivity contribution in [3.8, 4) is 0 Å². The van der Waals surface area contributed by atoms with Crippen LogP contribution in [0.15, 0.2) is 94.8 Å². The Bertz CT molecular complexity index is 1450. The molecule has 39 heavy (non-hydrogen) atoms. The van der Waals surface area contributed by atoms with E-state index in [4.69, 9.17) is 9.15 Å². The molecule has 1 aliphatic rings. The van der Waals surface area contributed by atoms with Gasteiger partial charge in [-0.1, -0.05) is 60.7 Å². The predicted molar refractivity (Wildman–Crippen MR) is 146 cm³/mol. The lowest BCUT2D eigenvalue weighted by Gasteiger charge is -2.30. The molecule has 0 radical (unpaired) electrons. The number of furan rings is 1. The molecule has 1 saturated heterocycles. The fourth-order valence-electron chi connectivity index (χ4n) is 4.65. The molecule has 9 nitrogen and oxygen atoms in total. The molecule has 1 aliphatic heterocycles. The summed E-state index contributed by atoms with van der Waals surface area (Å²) >= 11 is 0. The van der Waals surface area contributed by atoms with Gasteiger partial charge < -0.3 is 18.6 Å². The van der Waals surface area contributed by atoms with E-state index >= 15 is 0 Å². The van der Waals surface area contributed by atoms with E-state index in [0.717, 1.165) is 18.7 Å². The van der Waals surface area contributed by atoms with Crippen LogP contribution in [0.2, 0.25) is 0 Å². The molecule has 2 aromatic carbocycles. The molecule has 0 saturated carbocycles. The third-order valence-electron chi connectivity index (χ3n) is 6.72. The third-order valence-corrected chi connectivity index (χ3v) is 8.32. The van der Waals surface area contributed by atoms with Crippen molar-refractivity contribution < 1.29 is 22.4 Å². The minimum Gasteiger partial charge on any atom is -0.459 e. The minimum absolute atomic E-state index is 0.0104. The second-order valence-electron chi connectivity index (χ2n) is 9.51. The molecule has 3 heterocycles. The van der Waals surface area contributed by atoms with Crippen molar-refractivity contribution in [1.29, 1.82) is 0 Å². The molecule has 204 valence electrons. The maximum Gasteiger partial charge on any atom is 0.289 e. The molecule has 0 bridgehead atoms. The Morgan fingerprint density at radius 1 is 0.923 bits per heavy atom. The van der Waals surface area contributed by atoms with Gasteiger partial charge in [0.25, 0.3) is 5.91 Å². The van der Waals surface area contributed by atoms with E-state index in [1.165, 1.54) is 6.26 Å². The van der Waals surface area contributed by atoms with E-state index in [-0.39, 0.29) is 29.1 Å². The fourth-order valence-corrected chi connectivity index (χ4v) is 6.14. The first-order valence-corrected chi connectivity index (χ1v) is 14.6. The molecule has 1 amide bonds. The first kappa shape index (κ1) is 26.9. The topological polar surface area (TPSA) is 97.9 Å². The van der Waals surface area contributed by atoms with Crippen LogP contribution in [0.4, 0.5) is 0 Å². The van der Waals surface area contributed by atoms with Crippen LogP contribution in [0.1, 0.15) is 27.4 Å². The number of hydrogen-bond acceptors (Lipinski definition) is 7. The van der Waals surface area contributed by atoms with Crippen LogP contribution in [-0.4, -0.2) is 73.1 Å². The third kappa shape index (κ3) is 6.83. The predicted octanol–water partition coefficient (Wildman–Crippen LogP) is 3.47. The smallest absolute Gasteiger partial charge is 0.289 e. The van der Waals surface area contributed by atoms with Gasteiger partial charge in [0.2, 0.25) is 15.0 Å². The molecular formula is C29H32N4O5S. The number of amides is 1. The summed E-state index contributed by atoms with van der Waals surface area (Å²) in [4.78, 5) is 21.8. The highest BCUT2D eigenvalue weighted by atomic mass is 32.2. The van der Waals surface area contributed by atoms with E-state index in [2.05, 4.69) is 9.88 Å². The molecular weight excluding hydrogens is 516 g/mol. The number of imidazole rings is 1. The standard InChI is InChI=1S/C29H32N4O5S/c34-28(27-12-7-17-38-27)32(14-13-31-15-18-37-19-16-31)22-26-20-30-29(33(26)21-24-8-3-1-4-9-24)39(35,36)23-25-10-5-2-6-11-25/h1-12,17,20H,13-16,18-19,21-23H2. The monoisotopic (exact) mass is 548 g/mol. The summed E-state index contributed by atoms with van der Waals surface area (Å²) in [5.41, 5.74) is 2.26. The number of hydrogen-bond donors (Lipinski definition) is 0. The number of benzene rings is 2. The van der Waals surface area contributed by atoms with E-state index in [0.29, 0.717) is 44.1 Å². The lowest BCUT2D eigenvalue weighted by Crippen LogP contribution is -2.43. The Kier molecular flexibility index (Phi) is 8.55. The van der Waals surface area contributed by atoms with E-state index in [1.807, 2.05) is 48.5 Å². The molecule has 4 aromatic rings. The molecule has 0 aliphatic carbocycles. The summed E-state index contributed by atoms with van der Waals surface area (Å²) in [5, 5.41) is -0.0104. The first-order chi connectivity index (χ1) is 19.0. The van der Waals surface area contributed by atoms with Gasteiger partial charge in [0, 0.05) is 26.2 Å². The molecule has 0 N–H and O–H groups in total. The Morgan fingerprint density at radius 2 is 1.62 bits per heavy atom. The molecule has 0 unspecified atom stereocenters. The highest BCUT2D eigenvalue weighted by Gasteiger charge is 2.27. The Morgan fingerprint density at radius 3 is 2.28 bits per heavy atom. The molecule has 5 rings (SSSR count). The Hall–Kier alpha value is -3.73. The largest absolute Gasteiger partial charge is 0.459 e. The summed E-state index contributed by atoms with van der Waals surface area (Å²) in [6.45, 7) is 4.55. The van der Waals surface area contributed by atoms with Gasteiger partial charge in [0.05, 0.1) is 50.2 Å². The molecule has 0 atom stereocenters. The normalized spacial score (nSPS) is 14.4. The molecule has 10 heteroatoms. The van der Waals surface area contributed by atoms with Crippen LogP contribution >= 0.6 is 0 Å². The van der Waals surface area contributed by atoms with Crippen LogP contribution in [0.25, 0.3) is 0 Å². The van der Waals surface area contributed by atoms with Gasteiger partial charge in [-0.3, -0.25) is 9.69 Å². The highest BCUT2D eigenvalue weighted by Crippen LogP contribution is 2.21. The number of nitrogens with zero attached hydrogens (tertiary/aromatic N) is 4. The molecule has 0 spiro atoms. The summed E-state index contributed by atoms with van der Waals surface area (Å²) in [7, 11) is -3.76. The van der Waals surface area contributed by atoms with Gasteiger partial charge in [-0.05, 0) is 23.3 Å². The van der Waals surface area contributed by atoms with Gasteiger partial charge in [-0.2, -0.15) is 0 Å². The maximum atomic E-state index is 13.6. The van der Waals surface area contributed by atoms with Crippen molar-refractivity contribution in [3.63, 3.8) is 0 Å². The Labute approximate surface area is 228 Å². The number of carbonyl (C=O) groups excluding carboxylic acids is 1. The zero-order valence-corrected chi connectivity index (χ0v) is 22.5. The van der Waals surface area contributed by atoms with Crippen molar-refractivity contribution in [2.45, 2.75) is 24.0 Å². The van der Waals surface area contributed by atoms with E-state index in [1.54, 1.807) is 39.9 Å². The average Bonchev–Trinajstić information content (AvgIpc) is 3.63. The zero-order valence-electron chi connectivity index (χ0n) is 21.7.